The molecule has 3 nitrogen and oxygen atoms in total. The SMILES string of the molecule is COc1ccc(N(C)CC(C)C(N)c2ccccc2)cc1. The largest absolute Gasteiger partial charge is 0.497 e. The third-order valence-electron chi connectivity index (χ3n) is 3.87. The quantitative estimate of drug-likeness (QED) is 0.882. The Labute approximate surface area is 127 Å². The van der Waals surface area contributed by atoms with Crippen LogP contribution in [-0.4, -0.2) is 20.7 Å². The maximum atomic E-state index is 6.36. The topological polar surface area (TPSA) is 38.5 Å². The first-order chi connectivity index (χ1) is 10.1. The molecule has 112 valence electrons. The Kier molecular flexibility index (Phi) is 5.23. The van der Waals surface area contributed by atoms with Gasteiger partial charge >= 0.3 is 0 Å². The Morgan fingerprint density at radius 1 is 1.05 bits per heavy atom. The summed E-state index contributed by atoms with van der Waals surface area (Å²) in [5, 5.41) is 0. The fourth-order valence-corrected chi connectivity index (χ4v) is 2.49. The van der Waals surface area contributed by atoms with Crippen molar-refractivity contribution in [3.63, 3.8) is 0 Å². The molecule has 0 bridgehead atoms. The minimum Gasteiger partial charge on any atom is -0.497 e. The molecular weight excluding hydrogens is 260 g/mol. The molecule has 2 aromatic carbocycles. The van der Waals surface area contributed by atoms with Gasteiger partial charge in [0.2, 0.25) is 0 Å². The molecule has 0 aliphatic rings. The second kappa shape index (κ2) is 7.14. The van der Waals surface area contributed by atoms with E-state index in [0.717, 1.165) is 12.3 Å². The van der Waals surface area contributed by atoms with Gasteiger partial charge in [0.05, 0.1) is 7.11 Å². The highest BCUT2D eigenvalue weighted by atomic mass is 16.5. The van der Waals surface area contributed by atoms with Gasteiger partial charge in [-0.05, 0) is 35.7 Å². The van der Waals surface area contributed by atoms with Crippen LogP contribution < -0.4 is 15.4 Å². The van der Waals surface area contributed by atoms with Crippen LogP contribution >= 0.6 is 0 Å². The molecule has 0 amide bonds. The third-order valence-corrected chi connectivity index (χ3v) is 3.87. The van der Waals surface area contributed by atoms with Gasteiger partial charge in [0, 0.05) is 25.3 Å². The van der Waals surface area contributed by atoms with Crippen LogP contribution in [0.3, 0.4) is 0 Å². The van der Waals surface area contributed by atoms with E-state index < -0.39 is 0 Å². The normalized spacial score (nSPS) is 13.5. The summed E-state index contributed by atoms with van der Waals surface area (Å²) in [6.07, 6.45) is 0. The molecule has 0 radical (unpaired) electrons. The van der Waals surface area contributed by atoms with Gasteiger partial charge in [-0.25, -0.2) is 0 Å². The van der Waals surface area contributed by atoms with Gasteiger partial charge in [0.25, 0.3) is 0 Å². The van der Waals surface area contributed by atoms with Crippen molar-refractivity contribution in [3.8, 4) is 5.75 Å². The van der Waals surface area contributed by atoms with Crippen LogP contribution in [0.1, 0.15) is 18.5 Å². The first kappa shape index (κ1) is 15.4. The van der Waals surface area contributed by atoms with Gasteiger partial charge in [-0.15, -0.1) is 0 Å². The van der Waals surface area contributed by atoms with E-state index in [4.69, 9.17) is 10.5 Å². The molecule has 0 spiro atoms. The first-order valence-electron chi connectivity index (χ1n) is 7.27. The lowest BCUT2D eigenvalue weighted by Gasteiger charge is -2.27. The van der Waals surface area contributed by atoms with E-state index in [9.17, 15) is 0 Å². The summed E-state index contributed by atoms with van der Waals surface area (Å²) in [5.41, 5.74) is 8.72. The monoisotopic (exact) mass is 284 g/mol. The highest BCUT2D eigenvalue weighted by molar-refractivity contribution is 5.48. The molecule has 0 aromatic heterocycles. The number of ether oxygens (including phenoxy) is 1. The van der Waals surface area contributed by atoms with Gasteiger partial charge in [0.15, 0.2) is 0 Å². The van der Waals surface area contributed by atoms with Crippen LogP contribution in [0.5, 0.6) is 5.75 Å². The van der Waals surface area contributed by atoms with Crippen molar-refractivity contribution in [1.82, 2.24) is 0 Å². The molecule has 0 fully saturated rings. The average Bonchev–Trinajstić information content (AvgIpc) is 2.55. The second-order valence-corrected chi connectivity index (χ2v) is 5.49. The van der Waals surface area contributed by atoms with Crippen molar-refractivity contribution in [1.29, 1.82) is 0 Å². The summed E-state index contributed by atoms with van der Waals surface area (Å²) < 4.78 is 5.19. The number of methoxy groups -OCH3 is 1. The van der Waals surface area contributed by atoms with Crippen LogP contribution in [0.4, 0.5) is 5.69 Å². The van der Waals surface area contributed by atoms with E-state index in [1.807, 2.05) is 30.3 Å². The van der Waals surface area contributed by atoms with Crippen molar-refractivity contribution in [2.75, 3.05) is 25.6 Å². The van der Waals surface area contributed by atoms with Crippen molar-refractivity contribution in [2.24, 2.45) is 11.7 Å². The first-order valence-corrected chi connectivity index (χ1v) is 7.27. The Bertz CT molecular complexity index is 539. The number of hydrogen-bond acceptors (Lipinski definition) is 3. The number of nitrogens with zero attached hydrogens (tertiary/aromatic N) is 1. The van der Waals surface area contributed by atoms with Crippen molar-refractivity contribution >= 4 is 5.69 Å². The zero-order valence-electron chi connectivity index (χ0n) is 13.0. The molecule has 3 heteroatoms. The van der Waals surface area contributed by atoms with Crippen LogP contribution in [0.15, 0.2) is 54.6 Å². The van der Waals surface area contributed by atoms with E-state index in [1.54, 1.807) is 7.11 Å². The number of hydrogen-bond donors (Lipinski definition) is 1. The number of nitrogens with two attached hydrogens (primary N) is 1. The van der Waals surface area contributed by atoms with E-state index in [1.165, 1.54) is 11.3 Å². The predicted octanol–water partition coefficient (Wildman–Crippen LogP) is 3.47. The van der Waals surface area contributed by atoms with Gasteiger partial charge < -0.3 is 15.4 Å². The Hall–Kier alpha value is -2.00. The van der Waals surface area contributed by atoms with Gasteiger partial charge in [-0.2, -0.15) is 0 Å². The van der Waals surface area contributed by atoms with Gasteiger partial charge in [-0.1, -0.05) is 37.3 Å². The lowest BCUT2D eigenvalue weighted by molar-refractivity contribution is 0.414. The van der Waals surface area contributed by atoms with Gasteiger partial charge in [0.1, 0.15) is 5.75 Å². The fraction of sp³-hybridized carbons (Fsp3) is 0.333. The molecule has 2 atom stereocenters. The number of rotatable bonds is 6. The van der Waals surface area contributed by atoms with E-state index in [0.29, 0.717) is 5.92 Å². The molecule has 0 aliphatic heterocycles. The highest BCUT2D eigenvalue weighted by Gasteiger charge is 2.16. The lowest BCUT2D eigenvalue weighted by atomic mass is 9.95. The molecule has 2 aromatic rings. The second-order valence-electron chi connectivity index (χ2n) is 5.49. The minimum absolute atomic E-state index is 0.0481. The molecule has 0 saturated carbocycles. The molecule has 2 unspecified atom stereocenters. The lowest BCUT2D eigenvalue weighted by Crippen LogP contribution is -2.31. The summed E-state index contributed by atoms with van der Waals surface area (Å²) in [4.78, 5) is 2.23. The van der Waals surface area contributed by atoms with Crippen LogP contribution in [0.25, 0.3) is 0 Å². The smallest absolute Gasteiger partial charge is 0.119 e. The van der Waals surface area contributed by atoms with Crippen LogP contribution in [0, 0.1) is 5.92 Å². The van der Waals surface area contributed by atoms with E-state index >= 15 is 0 Å². The molecule has 0 heterocycles. The van der Waals surface area contributed by atoms with Crippen LogP contribution in [0.2, 0.25) is 0 Å². The maximum absolute atomic E-state index is 6.36. The number of benzene rings is 2. The van der Waals surface area contributed by atoms with Crippen molar-refractivity contribution < 1.29 is 4.74 Å². The zero-order chi connectivity index (χ0) is 15.2. The fourth-order valence-electron chi connectivity index (χ4n) is 2.49. The van der Waals surface area contributed by atoms with E-state index in [2.05, 4.69) is 43.1 Å². The van der Waals surface area contributed by atoms with E-state index in [-0.39, 0.29) is 6.04 Å². The summed E-state index contributed by atoms with van der Waals surface area (Å²) in [6.45, 7) is 3.10. The Balaban J connectivity index is 1.99. The molecule has 0 saturated heterocycles. The number of anilines is 1. The molecule has 2 N–H and O–H groups in total. The predicted molar refractivity (Wildman–Crippen MR) is 88.8 cm³/mol. The third kappa shape index (κ3) is 3.99. The standard InChI is InChI=1S/C18H24N2O/c1-14(18(19)15-7-5-4-6-8-15)13-20(2)16-9-11-17(21-3)12-10-16/h4-12,14,18H,13,19H2,1-3H3. The summed E-state index contributed by atoms with van der Waals surface area (Å²) >= 11 is 0. The summed E-state index contributed by atoms with van der Waals surface area (Å²) in [7, 11) is 3.77. The Morgan fingerprint density at radius 3 is 2.24 bits per heavy atom. The molecule has 2 rings (SSSR count). The zero-order valence-corrected chi connectivity index (χ0v) is 13.0. The van der Waals surface area contributed by atoms with Crippen molar-refractivity contribution in [3.05, 3.63) is 60.2 Å². The highest BCUT2D eigenvalue weighted by Crippen LogP contribution is 2.23. The molecule has 0 aliphatic carbocycles. The van der Waals surface area contributed by atoms with Gasteiger partial charge in [-0.3, -0.25) is 0 Å². The van der Waals surface area contributed by atoms with Crippen LogP contribution in [-0.2, 0) is 0 Å². The molecular formula is C18H24N2O. The summed E-state index contributed by atoms with van der Waals surface area (Å²) in [6, 6.07) is 18.4. The maximum Gasteiger partial charge on any atom is 0.119 e. The van der Waals surface area contributed by atoms with Crippen molar-refractivity contribution in [2.45, 2.75) is 13.0 Å². The average molecular weight is 284 g/mol. The Morgan fingerprint density at radius 2 is 1.67 bits per heavy atom. The molecule has 21 heavy (non-hydrogen) atoms. The minimum atomic E-state index is 0.0481. The summed E-state index contributed by atoms with van der Waals surface area (Å²) in [5.74, 6) is 1.24.